The fourth-order valence-electron chi connectivity index (χ4n) is 2.89. The topological polar surface area (TPSA) is 69.9 Å². The molecule has 0 radical (unpaired) electrons. The number of rotatable bonds is 11. The van der Waals surface area contributed by atoms with E-state index in [9.17, 15) is 4.79 Å². The van der Waals surface area contributed by atoms with Crippen LogP contribution in [0.3, 0.4) is 0 Å². The Kier molecular flexibility index (Phi) is 8.06. The molecular formula is C24H27NO5. The van der Waals surface area contributed by atoms with E-state index in [0.717, 1.165) is 28.2 Å². The van der Waals surface area contributed by atoms with Gasteiger partial charge in [-0.15, -0.1) is 0 Å². The van der Waals surface area contributed by atoms with Gasteiger partial charge in [0.05, 0.1) is 26.6 Å². The van der Waals surface area contributed by atoms with Gasteiger partial charge in [0.15, 0.2) is 0 Å². The first-order valence-electron chi connectivity index (χ1n) is 9.84. The molecule has 0 aliphatic heterocycles. The average molecular weight is 409 g/mol. The fraction of sp³-hybridized carbons (Fsp3) is 0.292. The minimum absolute atomic E-state index is 0.155. The molecule has 3 rings (SSSR count). The van der Waals surface area contributed by atoms with Crippen LogP contribution in [0.1, 0.15) is 29.4 Å². The zero-order chi connectivity index (χ0) is 21.2. The van der Waals surface area contributed by atoms with E-state index in [2.05, 4.69) is 5.32 Å². The standard InChI is InChI=1S/C24H27NO5/c1-18(30-16-21-8-4-9-22(13-21)27-2)24(26)25-14-19-6-3-7-20(12-19)15-28-17-23-10-5-11-29-23/h3-13,18H,14-17H2,1-2H3,(H,25,26). The molecule has 1 atom stereocenters. The van der Waals surface area contributed by atoms with Crippen LogP contribution in [0, 0.1) is 0 Å². The zero-order valence-electron chi connectivity index (χ0n) is 17.3. The van der Waals surface area contributed by atoms with Crippen LogP contribution in [-0.2, 0) is 40.6 Å². The minimum Gasteiger partial charge on any atom is -0.497 e. The van der Waals surface area contributed by atoms with E-state index in [1.54, 1.807) is 20.3 Å². The summed E-state index contributed by atoms with van der Waals surface area (Å²) >= 11 is 0. The van der Waals surface area contributed by atoms with Crippen LogP contribution >= 0.6 is 0 Å². The number of nitrogens with one attached hydrogen (secondary N) is 1. The lowest BCUT2D eigenvalue weighted by Gasteiger charge is -2.14. The number of hydrogen-bond acceptors (Lipinski definition) is 5. The molecule has 6 heteroatoms. The molecule has 158 valence electrons. The number of furan rings is 1. The Morgan fingerprint density at radius 1 is 0.967 bits per heavy atom. The summed E-state index contributed by atoms with van der Waals surface area (Å²) in [6.07, 6.45) is 1.07. The van der Waals surface area contributed by atoms with Crippen LogP contribution in [0.15, 0.2) is 71.3 Å². The Balaban J connectivity index is 1.42. The second-order valence-corrected chi connectivity index (χ2v) is 6.91. The molecule has 1 amide bonds. The molecule has 1 aromatic heterocycles. The van der Waals surface area contributed by atoms with Gasteiger partial charge in [-0.3, -0.25) is 4.79 Å². The molecule has 0 saturated carbocycles. The highest BCUT2D eigenvalue weighted by atomic mass is 16.5. The summed E-state index contributed by atoms with van der Waals surface area (Å²) in [5.74, 6) is 1.40. The van der Waals surface area contributed by atoms with Crippen molar-refractivity contribution in [3.05, 3.63) is 89.4 Å². The van der Waals surface area contributed by atoms with E-state index in [4.69, 9.17) is 18.6 Å². The summed E-state index contributed by atoms with van der Waals surface area (Å²) in [6.45, 7) is 3.42. The molecule has 1 N–H and O–H groups in total. The van der Waals surface area contributed by atoms with E-state index >= 15 is 0 Å². The second kappa shape index (κ2) is 11.2. The Morgan fingerprint density at radius 2 is 1.73 bits per heavy atom. The molecule has 0 aliphatic rings. The van der Waals surface area contributed by atoms with E-state index in [1.807, 2.05) is 60.7 Å². The number of carbonyl (C=O) groups is 1. The quantitative estimate of drug-likeness (QED) is 0.513. The number of hydrogen-bond donors (Lipinski definition) is 1. The lowest BCUT2D eigenvalue weighted by atomic mass is 10.1. The predicted molar refractivity (Wildman–Crippen MR) is 113 cm³/mol. The van der Waals surface area contributed by atoms with Gasteiger partial charge in [0.2, 0.25) is 5.91 Å². The first kappa shape index (κ1) is 21.6. The largest absolute Gasteiger partial charge is 0.497 e. The van der Waals surface area contributed by atoms with E-state index in [-0.39, 0.29) is 5.91 Å². The van der Waals surface area contributed by atoms with Crippen LogP contribution in [0.25, 0.3) is 0 Å². The molecule has 0 saturated heterocycles. The number of amides is 1. The highest BCUT2D eigenvalue weighted by Crippen LogP contribution is 2.14. The smallest absolute Gasteiger partial charge is 0.249 e. The maximum absolute atomic E-state index is 12.4. The third-order valence-corrected chi connectivity index (χ3v) is 4.55. The highest BCUT2D eigenvalue weighted by molar-refractivity contribution is 5.80. The van der Waals surface area contributed by atoms with Gasteiger partial charge in [-0.25, -0.2) is 0 Å². The molecule has 6 nitrogen and oxygen atoms in total. The summed E-state index contributed by atoms with van der Waals surface area (Å²) in [6, 6.07) is 19.2. The second-order valence-electron chi connectivity index (χ2n) is 6.91. The molecule has 3 aromatic rings. The predicted octanol–water partition coefficient (Wildman–Crippen LogP) is 4.23. The fourth-order valence-corrected chi connectivity index (χ4v) is 2.89. The van der Waals surface area contributed by atoms with Crippen molar-refractivity contribution >= 4 is 5.91 Å². The Morgan fingerprint density at radius 3 is 2.50 bits per heavy atom. The first-order valence-corrected chi connectivity index (χ1v) is 9.84. The first-order chi connectivity index (χ1) is 14.6. The van der Waals surface area contributed by atoms with E-state index < -0.39 is 6.10 Å². The summed E-state index contributed by atoms with van der Waals surface area (Å²) in [5.41, 5.74) is 2.99. The van der Waals surface area contributed by atoms with E-state index in [0.29, 0.717) is 26.4 Å². The van der Waals surface area contributed by atoms with Crippen molar-refractivity contribution in [2.75, 3.05) is 7.11 Å². The molecule has 30 heavy (non-hydrogen) atoms. The lowest BCUT2D eigenvalue weighted by Crippen LogP contribution is -2.34. The van der Waals surface area contributed by atoms with Crippen molar-refractivity contribution in [3.63, 3.8) is 0 Å². The minimum atomic E-state index is -0.559. The number of ether oxygens (including phenoxy) is 3. The van der Waals surface area contributed by atoms with Gasteiger partial charge in [0.25, 0.3) is 0 Å². The van der Waals surface area contributed by atoms with Gasteiger partial charge < -0.3 is 23.9 Å². The Bertz CT molecular complexity index is 923. The van der Waals surface area contributed by atoms with Gasteiger partial charge in [0, 0.05) is 6.54 Å². The van der Waals surface area contributed by atoms with Crippen LogP contribution in [0.5, 0.6) is 5.75 Å². The van der Waals surface area contributed by atoms with Gasteiger partial charge in [0.1, 0.15) is 24.2 Å². The van der Waals surface area contributed by atoms with Gasteiger partial charge in [-0.2, -0.15) is 0 Å². The normalized spacial score (nSPS) is 11.8. The molecule has 0 fully saturated rings. The number of methoxy groups -OCH3 is 1. The van der Waals surface area contributed by atoms with Crippen LogP contribution < -0.4 is 10.1 Å². The lowest BCUT2D eigenvalue weighted by molar-refractivity contribution is -0.132. The van der Waals surface area contributed by atoms with Crippen LogP contribution in [-0.4, -0.2) is 19.1 Å². The van der Waals surface area contributed by atoms with Crippen LogP contribution in [0.4, 0.5) is 0 Å². The summed E-state index contributed by atoms with van der Waals surface area (Å²) in [7, 11) is 1.62. The molecule has 0 bridgehead atoms. The van der Waals surface area contributed by atoms with Crippen molar-refractivity contribution in [1.82, 2.24) is 5.32 Å². The molecule has 0 spiro atoms. The third-order valence-electron chi connectivity index (χ3n) is 4.55. The number of carbonyl (C=O) groups excluding carboxylic acids is 1. The maximum atomic E-state index is 12.4. The Labute approximate surface area is 176 Å². The molecule has 1 unspecified atom stereocenters. The van der Waals surface area contributed by atoms with Crippen molar-refractivity contribution in [3.8, 4) is 5.75 Å². The van der Waals surface area contributed by atoms with Gasteiger partial charge >= 0.3 is 0 Å². The molecule has 0 aliphatic carbocycles. The van der Waals surface area contributed by atoms with E-state index in [1.165, 1.54) is 0 Å². The summed E-state index contributed by atoms with van der Waals surface area (Å²) < 4.78 is 21.8. The van der Waals surface area contributed by atoms with Crippen molar-refractivity contribution < 1.29 is 23.4 Å². The summed E-state index contributed by atoms with van der Waals surface area (Å²) in [4.78, 5) is 12.4. The molecular weight excluding hydrogens is 382 g/mol. The van der Waals surface area contributed by atoms with Crippen molar-refractivity contribution in [1.29, 1.82) is 0 Å². The van der Waals surface area contributed by atoms with Crippen LogP contribution in [0.2, 0.25) is 0 Å². The average Bonchev–Trinajstić information content (AvgIpc) is 3.30. The maximum Gasteiger partial charge on any atom is 0.249 e. The third kappa shape index (κ3) is 6.76. The highest BCUT2D eigenvalue weighted by Gasteiger charge is 2.13. The molecule has 2 aromatic carbocycles. The molecule has 1 heterocycles. The number of benzene rings is 2. The van der Waals surface area contributed by atoms with Gasteiger partial charge in [-0.1, -0.05) is 36.4 Å². The van der Waals surface area contributed by atoms with Crippen molar-refractivity contribution in [2.24, 2.45) is 0 Å². The van der Waals surface area contributed by atoms with Crippen molar-refractivity contribution in [2.45, 2.75) is 39.4 Å². The SMILES string of the molecule is COc1cccc(COC(C)C(=O)NCc2cccc(COCc3ccco3)c2)c1. The zero-order valence-corrected chi connectivity index (χ0v) is 17.3. The monoisotopic (exact) mass is 409 g/mol. The van der Waals surface area contributed by atoms with Gasteiger partial charge in [-0.05, 0) is 47.9 Å². The Hall–Kier alpha value is -3.09. The summed E-state index contributed by atoms with van der Waals surface area (Å²) in [5, 5.41) is 2.92.